The zero-order valence-corrected chi connectivity index (χ0v) is 14.7. The molecule has 1 unspecified atom stereocenters. The molecule has 0 aliphatic carbocycles. The molecule has 7 heteroatoms. The molecule has 124 valence electrons. The lowest BCUT2D eigenvalue weighted by Crippen LogP contribution is -2.01. The molecule has 4 nitrogen and oxygen atoms in total. The van der Waals surface area contributed by atoms with Crippen LogP contribution >= 0.6 is 15.9 Å². The lowest BCUT2D eigenvalue weighted by molar-refractivity contribution is -0.133. The topological polar surface area (TPSA) is 63.6 Å². The van der Waals surface area contributed by atoms with Crippen molar-refractivity contribution in [3.8, 4) is 0 Å². The summed E-state index contributed by atoms with van der Waals surface area (Å²) in [6, 6.07) is 11.4. The van der Waals surface area contributed by atoms with E-state index in [9.17, 15) is 13.4 Å². The number of esters is 1. The Balaban J connectivity index is 2.04. The summed E-state index contributed by atoms with van der Waals surface area (Å²) in [6.07, 6.45) is 0. The minimum absolute atomic E-state index is 0.0307. The Labute approximate surface area is 148 Å². The Morgan fingerprint density at radius 1 is 1.21 bits per heavy atom. The van der Waals surface area contributed by atoms with Gasteiger partial charge in [0.15, 0.2) is 11.1 Å². The van der Waals surface area contributed by atoms with Crippen LogP contribution in [-0.2, 0) is 26.4 Å². The molecule has 0 bridgehead atoms. The highest BCUT2D eigenvalue weighted by molar-refractivity contribution is 9.10. The quantitative estimate of drug-likeness (QED) is 0.615. The van der Waals surface area contributed by atoms with E-state index >= 15 is 0 Å². The van der Waals surface area contributed by atoms with E-state index in [0.29, 0.717) is 21.2 Å². The molecule has 0 radical (unpaired) electrons. The normalized spacial score (nSPS) is 15.5. The molecule has 3 rings (SSSR count). The molecule has 24 heavy (non-hydrogen) atoms. The second-order valence-electron chi connectivity index (χ2n) is 5.22. The minimum atomic E-state index is -1.92. The van der Waals surface area contributed by atoms with Crippen LogP contribution in [0.15, 0.2) is 46.9 Å². The molecular formula is C17H12BrFO4S. The van der Waals surface area contributed by atoms with Gasteiger partial charge < -0.3 is 9.29 Å². The van der Waals surface area contributed by atoms with E-state index in [1.54, 1.807) is 30.3 Å². The van der Waals surface area contributed by atoms with Crippen molar-refractivity contribution in [1.82, 2.24) is 0 Å². The fraction of sp³-hybridized carbons (Fsp3) is 0.118. The summed E-state index contributed by atoms with van der Waals surface area (Å²) in [4.78, 5) is 12.1. The maximum atomic E-state index is 14.2. The molecule has 1 N–H and O–H groups in total. The van der Waals surface area contributed by atoms with Gasteiger partial charge in [-0.25, -0.2) is 13.4 Å². The van der Waals surface area contributed by atoms with Gasteiger partial charge in [-0.3, -0.25) is 0 Å². The second-order valence-corrected chi connectivity index (χ2v) is 7.06. The van der Waals surface area contributed by atoms with Crippen molar-refractivity contribution in [1.29, 1.82) is 0 Å². The number of hydrogen-bond acceptors (Lipinski definition) is 3. The molecule has 2 aromatic rings. The Bertz CT molecular complexity index is 861. The lowest BCUT2D eigenvalue weighted by Gasteiger charge is -2.07. The first-order chi connectivity index (χ1) is 11.5. The Kier molecular flexibility index (Phi) is 4.93. The highest BCUT2D eigenvalue weighted by atomic mass is 79.9. The second kappa shape index (κ2) is 6.96. The van der Waals surface area contributed by atoms with E-state index in [2.05, 4.69) is 15.9 Å². The number of carbonyl (C=O) groups is 1. The average molecular weight is 411 g/mol. The molecule has 1 heterocycles. The van der Waals surface area contributed by atoms with Crippen molar-refractivity contribution in [3.05, 3.63) is 69.4 Å². The van der Waals surface area contributed by atoms with E-state index < -0.39 is 22.9 Å². The summed E-state index contributed by atoms with van der Waals surface area (Å²) in [5.74, 6) is -1.04. The maximum absolute atomic E-state index is 14.2. The molecule has 1 aliphatic heterocycles. The SMILES string of the molecule is O=C1OCC(c2ccc(CS(=O)O)cc2)=C1c1ccc(Br)cc1F. The summed E-state index contributed by atoms with van der Waals surface area (Å²) in [5, 5.41) is 0. The molecule has 0 fully saturated rings. The first-order valence-electron chi connectivity index (χ1n) is 6.98. The van der Waals surface area contributed by atoms with Gasteiger partial charge in [0, 0.05) is 15.6 Å². The van der Waals surface area contributed by atoms with Crippen LogP contribution in [0, 0.1) is 5.82 Å². The molecular weight excluding hydrogens is 399 g/mol. The van der Waals surface area contributed by atoms with Crippen LogP contribution in [-0.4, -0.2) is 21.3 Å². The van der Waals surface area contributed by atoms with E-state index in [4.69, 9.17) is 9.29 Å². The van der Waals surface area contributed by atoms with Gasteiger partial charge in [0.2, 0.25) is 0 Å². The van der Waals surface area contributed by atoms with Crippen LogP contribution in [0.1, 0.15) is 16.7 Å². The predicted octanol–water partition coefficient (Wildman–Crippen LogP) is 3.78. The maximum Gasteiger partial charge on any atom is 0.339 e. The first-order valence-corrected chi connectivity index (χ1v) is 9.05. The Morgan fingerprint density at radius 2 is 1.92 bits per heavy atom. The van der Waals surface area contributed by atoms with Crippen molar-refractivity contribution in [2.45, 2.75) is 5.75 Å². The number of cyclic esters (lactones) is 1. The fourth-order valence-corrected chi connectivity index (χ4v) is 3.35. The summed E-state index contributed by atoms with van der Waals surface area (Å²) in [7, 11) is 0. The molecule has 0 spiro atoms. The Hall–Kier alpha value is -1.83. The third-order valence-corrected chi connectivity index (χ3v) is 4.72. The number of benzene rings is 2. The van der Waals surface area contributed by atoms with Crippen LogP contribution in [0.3, 0.4) is 0 Å². The van der Waals surface area contributed by atoms with Gasteiger partial charge >= 0.3 is 5.97 Å². The molecule has 0 amide bonds. The molecule has 1 atom stereocenters. The summed E-state index contributed by atoms with van der Waals surface area (Å²) < 4.78 is 39.7. The summed E-state index contributed by atoms with van der Waals surface area (Å²) >= 11 is 1.27. The van der Waals surface area contributed by atoms with Gasteiger partial charge in [-0.05, 0) is 23.3 Å². The third-order valence-electron chi connectivity index (χ3n) is 3.65. The standard InChI is InChI=1S/C17H12BrFO4S/c18-12-5-6-13(15(19)7-12)16-14(8-23-17(16)20)11-3-1-10(2-4-11)9-24(21)22/h1-7H,8-9H2,(H,21,22). The number of carbonyl (C=O) groups excluding carboxylic acids is 1. The minimum Gasteiger partial charge on any atom is -0.457 e. The molecule has 2 aromatic carbocycles. The predicted molar refractivity (Wildman–Crippen MR) is 92.8 cm³/mol. The van der Waals surface area contributed by atoms with Crippen LogP contribution in [0.4, 0.5) is 4.39 Å². The fourth-order valence-electron chi connectivity index (χ4n) is 2.54. The van der Waals surface area contributed by atoms with E-state index in [1.807, 2.05) is 0 Å². The first kappa shape index (κ1) is 17.0. The largest absolute Gasteiger partial charge is 0.457 e. The van der Waals surface area contributed by atoms with E-state index in [0.717, 1.165) is 0 Å². The van der Waals surface area contributed by atoms with Crippen LogP contribution in [0.5, 0.6) is 0 Å². The van der Waals surface area contributed by atoms with E-state index in [-0.39, 0.29) is 23.5 Å². The Morgan fingerprint density at radius 3 is 2.54 bits per heavy atom. The van der Waals surface area contributed by atoms with E-state index in [1.165, 1.54) is 12.1 Å². The third kappa shape index (κ3) is 3.48. The zero-order chi connectivity index (χ0) is 17.3. The van der Waals surface area contributed by atoms with Crippen molar-refractivity contribution in [3.63, 3.8) is 0 Å². The average Bonchev–Trinajstić information content (AvgIpc) is 2.89. The van der Waals surface area contributed by atoms with Crippen LogP contribution < -0.4 is 0 Å². The van der Waals surface area contributed by atoms with Crippen molar-refractivity contribution < 1.29 is 22.7 Å². The van der Waals surface area contributed by atoms with Gasteiger partial charge in [-0.15, -0.1) is 0 Å². The smallest absolute Gasteiger partial charge is 0.339 e. The molecule has 0 saturated carbocycles. The summed E-state index contributed by atoms with van der Waals surface area (Å²) in [5.41, 5.74) is 2.40. The van der Waals surface area contributed by atoms with Crippen molar-refractivity contribution in [2.24, 2.45) is 0 Å². The monoisotopic (exact) mass is 410 g/mol. The van der Waals surface area contributed by atoms with Crippen LogP contribution in [0.2, 0.25) is 0 Å². The van der Waals surface area contributed by atoms with Crippen LogP contribution in [0.25, 0.3) is 11.1 Å². The zero-order valence-electron chi connectivity index (χ0n) is 12.3. The number of ether oxygens (including phenoxy) is 1. The van der Waals surface area contributed by atoms with Crippen molar-refractivity contribution >= 4 is 44.1 Å². The summed E-state index contributed by atoms with van der Waals surface area (Å²) in [6.45, 7) is 0.0644. The van der Waals surface area contributed by atoms with Gasteiger partial charge in [0.25, 0.3) is 0 Å². The molecule has 1 aliphatic rings. The van der Waals surface area contributed by atoms with Gasteiger partial charge in [-0.1, -0.05) is 46.3 Å². The van der Waals surface area contributed by atoms with Crippen molar-refractivity contribution in [2.75, 3.05) is 6.61 Å². The number of rotatable bonds is 4. The number of hydrogen-bond donors (Lipinski definition) is 1. The van der Waals surface area contributed by atoms with Gasteiger partial charge in [0.1, 0.15) is 12.4 Å². The van der Waals surface area contributed by atoms with Gasteiger partial charge in [-0.2, -0.15) is 0 Å². The highest BCUT2D eigenvalue weighted by Gasteiger charge is 2.29. The highest BCUT2D eigenvalue weighted by Crippen LogP contribution is 2.34. The molecule has 0 saturated heterocycles. The van der Waals surface area contributed by atoms with Gasteiger partial charge in [0.05, 0.1) is 11.3 Å². The number of halogens is 2. The lowest BCUT2D eigenvalue weighted by atomic mass is 9.96. The molecule has 0 aromatic heterocycles.